The van der Waals surface area contributed by atoms with Gasteiger partial charge in [0, 0.05) is 17.2 Å². The first kappa shape index (κ1) is 26.2. The van der Waals surface area contributed by atoms with Crippen molar-refractivity contribution in [2.24, 2.45) is 0 Å². The van der Waals surface area contributed by atoms with E-state index in [0.717, 1.165) is 4.31 Å². The lowest BCUT2D eigenvalue weighted by atomic mass is 10.1. The second-order valence-corrected chi connectivity index (χ2v) is 9.73. The predicted molar refractivity (Wildman–Crippen MR) is 133 cm³/mol. The molecule has 0 aliphatic heterocycles. The van der Waals surface area contributed by atoms with Gasteiger partial charge in [-0.05, 0) is 42.8 Å². The lowest BCUT2D eigenvalue weighted by Crippen LogP contribution is -2.44. The molecule has 3 rings (SSSR count). The second kappa shape index (κ2) is 11.4. The Labute approximate surface area is 209 Å². The number of hydrogen-bond donors (Lipinski definition) is 1. The second-order valence-electron chi connectivity index (χ2n) is 7.43. The number of ether oxygens (including phenoxy) is 4. The van der Waals surface area contributed by atoms with Gasteiger partial charge in [0.05, 0.1) is 45.1 Å². The molecule has 1 N–H and O–H groups in total. The summed E-state index contributed by atoms with van der Waals surface area (Å²) in [7, 11) is 1.45. The number of nitrogens with zero attached hydrogens (tertiary/aromatic N) is 1. The molecule has 1 amide bonds. The molecule has 1 atom stereocenters. The Kier molecular flexibility index (Phi) is 8.52. The third-order valence-electron chi connectivity index (χ3n) is 5.26. The Morgan fingerprint density at radius 1 is 1.00 bits per heavy atom. The van der Waals surface area contributed by atoms with E-state index < -0.39 is 22.5 Å². The molecule has 2 aromatic carbocycles. The average molecular weight is 523 g/mol. The van der Waals surface area contributed by atoms with E-state index in [4.69, 9.17) is 30.5 Å². The third kappa shape index (κ3) is 6.01. The fourth-order valence-corrected chi connectivity index (χ4v) is 5.20. The monoisotopic (exact) mass is 522 g/mol. The van der Waals surface area contributed by atoms with Crippen LogP contribution in [0.25, 0.3) is 0 Å². The third-order valence-corrected chi connectivity index (χ3v) is 7.27. The molecule has 0 fully saturated rings. The van der Waals surface area contributed by atoms with Gasteiger partial charge in [-0.15, -0.1) is 0 Å². The molecular formula is C24H27ClN2O7S. The number of hydrogen-bond acceptors (Lipinski definition) is 7. The zero-order valence-corrected chi connectivity index (χ0v) is 21.4. The van der Waals surface area contributed by atoms with Gasteiger partial charge in [-0.3, -0.25) is 9.10 Å². The first-order valence-electron chi connectivity index (χ1n) is 10.5. The number of carbonyl (C=O) groups excluding carboxylic acids is 1. The molecule has 1 unspecified atom stereocenters. The molecule has 35 heavy (non-hydrogen) atoms. The predicted octanol–water partition coefficient (Wildman–Crippen LogP) is 3.48. The molecule has 0 aromatic heterocycles. The van der Waals surface area contributed by atoms with Crippen molar-refractivity contribution in [3.8, 4) is 23.0 Å². The summed E-state index contributed by atoms with van der Waals surface area (Å²) in [4.78, 5) is 12.9. The highest BCUT2D eigenvalue weighted by molar-refractivity contribution is 7.92. The summed E-state index contributed by atoms with van der Waals surface area (Å²) >= 11 is 6.04. The van der Waals surface area contributed by atoms with Crippen molar-refractivity contribution in [1.82, 2.24) is 5.32 Å². The van der Waals surface area contributed by atoms with Gasteiger partial charge >= 0.3 is 0 Å². The summed E-state index contributed by atoms with van der Waals surface area (Å²) in [6, 6.07) is 8.52. The molecule has 0 spiro atoms. The van der Waals surface area contributed by atoms with Crippen molar-refractivity contribution in [2.75, 3.05) is 39.3 Å². The van der Waals surface area contributed by atoms with Gasteiger partial charge in [0.25, 0.3) is 10.0 Å². The van der Waals surface area contributed by atoms with Crippen LogP contribution in [0.1, 0.15) is 6.42 Å². The Bertz CT molecular complexity index is 1240. The Morgan fingerprint density at radius 2 is 1.69 bits per heavy atom. The maximum atomic E-state index is 13.9. The normalized spacial score (nSPS) is 15.1. The largest absolute Gasteiger partial charge is 0.497 e. The quantitative estimate of drug-likeness (QED) is 0.509. The molecular weight excluding hydrogens is 496 g/mol. The Morgan fingerprint density at radius 3 is 2.31 bits per heavy atom. The van der Waals surface area contributed by atoms with Crippen LogP contribution in [0.5, 0.6) is 23.0 Å². The average Bonchev–Trinajstić information content (AvgIpc) is 2.86. The molecule has 188 valence electrons. The van der Waals surface area contributed by atoms with Gasteiger partial charge < -0.3 is 24.3 Å². The SMILES string of the molecule is COc1ccc(OC)c(N(CC(=O)NC2C=C(Cl)C=CC2)S(=O)(=O)c2ccc(OC)c(OC)c2)c1. The zero-order chi connectivity index (χ0) is 25.6. The maximum Gasteiger partial charge on any atom is 0.265 e. The molecule has 11 heteroatoms. The van der Waals surface area contributed by atoms with E-state index in [1.54, 1.807) is 24.3 Å². The van der Waals surface area contributed by atoms with Crippen molar-refractivity contribution in [3.63, 3.8) is 0 Å². The van der Waals surface area contributed by atoms with Crippen molar-refractivity contribution in [3.05, 3.63) is 59.7 Å². The summed E-state index contributed by atoms with van der Waals surface area (Å²) in [5.74, 6) is 0.695. The van der Waals surface area contributed by atoms with Gasteiger partial charge in [-0.1, -0.05) is 17.7 Å². The van der Waals surface area contributed by atoms with Crippen LogP contribution in [0, 0.1) is 0 Å². The van der Waals surface area contributed by atoms with Gasteiger partial charge in [-0.2, -0.15) is 0 Å². The molecule has 0 radical (unpaired) electrons. The van der Waals surface area contributed by atoms with E-state index in [-0.39, 0.29) is 28.1 Å². The van der Waals surface area contributed by atoms with Gasteiger partial charge in [-0.25, -0.2) is 8.42 Å². The van der Waals surface area contributed by atoms with Gasteiger partial charge in [0.2, 0.25) is 5.91 Å². The van der Waals surface area contributed by atoms with Crippen molar-refractivity contribution in [1.29, 1.82) is 0 Å². The summed E-state index contributed by atoms with van der Waals surface area (Å²) < 4.78 is 49.9. The Hall–Kier alpha value is -3.37. The van der Waals surface area contributed by atoms with E-state index in [2.05, 4.69) is 5.32 Å². The van der Waals surface area contributed by atoms with Crippen molar-refractivity contribution < 1.29 is 32.2 Å². The number of benzene rings is 2. The lowest BCUT2D eigenvalue weighted by Gasteiger charge is -2.27. The van der Waals surface area contributed by atoms with Crippen LogP contribution in [0.15, 0.2) is 64.6 Å². The molecule has 0 heterocycles. The van der Waals surface area contributed by atoms with Gasteiger partial charge in [0.1, 0.15) is 18.0 Å². The summed E-state index contributed by atoms with van der Waals surface area (Å²) in [6.45, 7) is -0.522. The fourth-order valence-electron chi connectivity index (χ4n) is 3.52. The molecule has 0 bridgehead atoms. The Balaban J connectivity index is 2.06. The minimum atomic E-state index is -4.27. The smallest absolute Gasteiger partial charge is 0.265 e. The highest BCUT2D eigenvalue weighted by Gasteiger charge is 2.31. The van der Waals surface area contributed by atoms with Crippen LogP contribution in [-0.2, 0) is 14.8 Å². The number of sulfonamides is 1. The molecule has 1 aliphatic rings. The van der Waals surface area contributed by atoms with E-state index in [1.807, 2.05) is 6.08 Å². The molecule has 1 aliphatic carbocycles. The summed E-state index contributed by atoms with van der Waals surface area (Å²) in [5, 5.41) is 3.30. The van der Waals surface area contributed by atoms with Crippen molar-refractivity contribution in [2.45, 2.75) is 17.4 Å². The van der Waals surface area contributed by atoms with Crippen molar-refractivity contribution >= 4 is 33.2 Å². The first-order valence-corrected chi connectivity index (χ1v) is 12.3. The zero-order valence-electron chi connectivity index (χ0n) is 19.8. The van der Waals surface area contributed by atoms with E-state index in [0.29, 0.717) is 23.0 Å². The summed E-state index contributed by atoms with van der Waals surface area (Å²) in [6.07, 6.45) is 5.79. The van der Waals surface area contributed by atoms with Crippen LogP contribution in [-0.4, -0.2) is 55.4 Å². The van der Waals surface area contributed by atoms with Crippen LogP contribution in [0.3, 0.4) is 0 Å². The number of carbonyl (C=O) groups is 1. The lowest BCUT2D eigenvalue weighted by molar-refractivity contribution is -0.120. The number of amides is 1. The number of allylic oxidation sites excluding steroid dienone is 2. The van der Waals surface area contributed by atoms with Crippen LogP contribution in [0.4, 0.5) is 5.69 Å². The minimum absolute atomic E-state index is 0.101. The summed E-state index contributed by atoms with van der Waals surface area (Å²) in [5.41, 5.74) is 0.133. The highest BCUT2D eigenvalue weighted by atomic mass is 35.5. The number of halogens is 1. The molecule has 9 nitrogen and oxygen atoms in total. The van der Waals surface area contributed by atoms with Gasteiger partial charge in [0.15, 0.2) is 11.5 Å². The molecule has 0 saturated heterocycles. The number of anilines is 1. The van der Waals surface area contributed by atoms with Crippen LogP contribution < -0.4 is 28.6 Å². The number of rotatable bonds is 10. The number of methoxy groups -OCH3 is 4. The van der Waals surface area contributed by atoms with E-state index in [1.165, 1.54) is 52.7 Å². The standard InChI is InChI=1S/C24H27ClN2O7S/c1-31-18-8-10-21(32-2)20(13-18)27(15-24(28)26-17-7-5-6-16(25)12-17)35(29,30)19-9-11-22(33-3)23(14-19)34-4/h5-6,8-14,17H,7,15H2,1-4H3,(H,26,28). The topological polar surface area (TPSA) is 103 Å². The van der Waals surface area contributed by atoms with Crippen LogP contribution >= 0.6 is 11.6 Å². The molecule has 2 aromatic rings. The number of nitrogens with one attached hydrogen (secondary N) is 1. The van der Waals surface area contributed by atoms with E-state index in [9.17, 15) is 13.2 Å². The highest BCUT2D eigenvalue weighted by Crippen LogP contribution is 2.37. The fraction of sp³-hybridized carbons (Fsp3) is 0.292. The van der Waals surface area contributed by atoms with E-state index >= 15 is 0 Å². The van der Waals surface area contributed by atoms with Crippen LogP contribution in [0.2, 0.25) is 0 Å². The first-order chi connectivity index (χ1) is 16.7. The molecule has 0 saturated carbocycles. The maximum absolute atomic E-state index is 13.9. The minimum Gasteiger partial charge on any atom is -0.497 e.